The zero-order valence-electron chi connectivity index (χ0n) is 10.9. The van der Waals surface area contributed by atoms with Crippen molar-refractivity contribution in [2.75, 3.05) is 10.7 Å². The van der Waals surface area contributed by atoms with Crippen LogP contribution in [0.5, 0.6) is 0 Å². The van der Waals surface area contributed by atoms with Gasteiger partial charge in [-0.3, -0.25) is 14.7 Å². The van der Waals surface area contributed by atoms with Gasteiger partial charge in [-0.2, -0.15) is 0 Å². The van der Waals surface area contributed by atoms with E-state index in [0.717, 1.165) is 21.3 Å². The maximum atomic E-state index is 12.3. The molecule has 0 unspecified atom stereocenters. The molecule has 1 aliphatic heterocycles. The molecule has 1 aliphatic rings. The van der Waals surface area contributed by atoms with Crippen molar-refractivity contribution >= 4 is 39.3 Å². The lowest BCUT2D eigenvalue weighted by Crippen LogP contribution is -2.28. The monoisotopic (exact) mass is 348 g/mol. The van der Waals surface area contributed by atoms with E-state index in [4.69, 9.17) is 0 Å². The fraction of sp³-hybridized carbons (Fsp3) is 0.200. The lowest BCUT2D eigenvalue weighted by molar-refractivity contribution is -0.115. The Labute approximate surface area is 130 Å². The molecule has 3 rings (SSSR count). The molecular formula is C15H13BrN2OS. The molecule has 20 heavy (non-hydrogen) atoms. The Hall–Kier alpha value is -1.33. The summed E-state index contributed by atoms with van der Waals surface area (Å²) in [7, 11) is 0. The third-order valence-electron chi connectivity index (χ3n) is 3.26. The average Bonchev–Trinajstić information content (AvgIpc) is 2.82. The average molecular weight is 349 g/mol. The van der Waals surface area contributed by atoms with Gasteiger partial charge in [-0.15, -0.1) is 11.8 Å². The van der Waals surface area contributed by atoms with Crippen LogP contribution in [0.15, 0.2) is 47.2 Å². The molecule has 102 valence electrons. The van der Waals surface area contributed by atoms with E-state index in [-0.39, 0.29) is 11.3 Å². The van der Waals surface area contributed by atoms with E-state index in [9.17, 15) is 4.79 Å². The van der Waals surface area contributed by atoms with Crippen molar-refractivity contribution in [2.24, 2.45) is 0 Å². The van der Waals surface area contributed by atoms with Crippen molar-refractivity contribution in [3.05, 3.63) is 58.3 Å². The second-order valence-electron chi connectivity index (χ2n) is 4.64. The van der Waals surface area contributed by atoms with Crippen LogP contribution in [-0.4, -0.2) is 16.6 Å². The van der Waals surface area contributed by atoms with Crippen molar-refractivity contribution in [2.45, 2.75) is 12.3 Å². The molecule has 3 nitrogen and oxygen atoms in total. The summed E-state index contributed by atoms with van der Waals surface area (Å²) >= 11 is 5.11. The number of aromatic nitrogens is 1. The fourth-order valence-electron chi connectivity index (χ4n) is 2.34. The predicted molar refractivity (Wildman–Crippen MR) is 85.8 cm³/mol. The van der Waals surface area contributed by atoms with Crippen LogP contribution in [0, 0.1) is 6.92 Å². The minimum absolute atomic E-state index is 0.0103. The van der Waals surface area contributed by atoms with E-state index >= 15 is 0 Å². The van der Waals surface area contributed by atoms with E-state index in [2.05, 4.69) is 20.9 Å². The molecule has 0 N–H and O–H groups in total. The Morgan fingerprint density at radius 1 is 1.40 bits per heavy atom. The van der Waals surface area contributed by atoms with Crippen molar-refractivity contribution in [1.82, 2.24) is 4.98 Å². The molecule has 5 heteroatoms. The highest BCUT2D eigenvalue weighted by Gasteiger charge is 2.34. The number of anilines is 1. The maximum absolute atomic E-state index is 12.3. The molecule has 0 saturated carbocycles. The van der Waals surface area contributed by atoms with Gasteiger partial charge in [0, 0.05) is 28.1 Å². The number of halogens is 1. The molecule has 2 heterocycles. The highest BCUT2D eigenvalue weighted by molar-refractivity contribution is 9.10. The molecule has 1 atom stereocenters. The van der Waals surface area contributed by atoms with Crippen LogP contribution < -0.4 is 4.90 Å². The maximum Gasteiger partial charge on any atom is 0.238 e. The van der Waals surface area contributed by atoms with Crippen LogP contribution in [0.3, 0.4) is 0 Å². The molecule has 1 amide bonds. The van der Waals surface area contributed by atoms with Crippen molar-refractivity contribution in [1.29, 1.82) is 0 Å². The van der Waals surface area contributed by atoms with E-state index < -0.39 is 0 Å². The van der Waals surface area contributed by atoms with E-state index in [1.54, 1.807) is 18.0 Å². The number of carbonyl (C=O) groups excluding carboxylic acids is 1. The molecule has 2 aromatic rings. The third-order valence-corrected chi connectivity index (χ3v) is 4.96. The van der Waals surface area contributed by atoms with Crippen molar-refractivity contribution < 1.29 is 4.79 Å². The van der Waals surface area contributed by atoms with Crippen molar-refractivity contribution in [3.8, 4) is 0 Å². The molecule has 1 saturated heterocycles. The van der Waals surface area contributed by atoms with Gasteiger partial charge in [0.25, 0.3) is 0 Å². The standard InChI is InChI=1S/C15H13BrN2OS/c1-10-7-12(16)4-5-13(10)18-14(19)9-20-15(18)11-3-2-6-17-8-11/h2-8,15H,9H2,1H3/t15-/m0/s1. The van der Waals surface area contributed by atoms with Gasteiger partial charge >= 0.3 is 0 Å². The van der Waals surface area contributed by atoms with Crippen LogP contribution in [0.1, 0.15) is 16.5 Å². The highest BCUT2D eigenvalue weighted by atomic mass is 79.9. The lowest BCUT2D eigenvalue weighted by atomic mass is 10.1. The first-order valence-corrected chi connectivity index (χ1v) is 8.11. The molecule has 0 bridgehead atoms. The summed E-state index contributed by atoms with van der Waals surface area (Å²) in [6.07, 6.45) is 3.58. The van der Waals surface area contributed by atoms with Crippen LogP contribution in [0.4, 0.5) is 5.69 Å². The molecule has 1 fully saturated rings. The van der Waals surface area contributed by atoms with Crippen LogP contribution >= 0.6 is 27.7 Å². The normalized spacial score (nSPS) is 18.6. The molecule has 1 aromatic carbocycles. The van der Waals surface area contributed by atoms with Crippen LogP contribution in [0.2, 0.25) is 0 Å². The quantitative estimate of drug-likeness (QED) is 0.824. The highest BCUT2D eigenvalue weighted by Crippen LogP contribution is 2.42. The SMILES string of the molecule is Cc1cc(Br)ccc1N1C(=O)CS[C@H]1c1cccnc1. The van der Waals surface area contributed by atoms with Gasteiger partial charge in [0.05, 0.1) is 5.75 Å². The number of benzene rings is 1. The lowest BCUT2D eigenvalue weighted by Gasteiger charge is -2.25. The Morgan fingerprint density at radius 3 is 2.95 bits per heavy atom. The minimum Gasteiger partial charge on any atom is -0.295 e. The number of nitrogens with zero attached hydrogens (tertiary/aromatic N) is 2. The third kappa shape index (κ3) is 2.47. The number of aryl methyl sites for hydroxylation is 1. The summed E-state index contributed by atoms with van der Waals surface area (Å²) in [5.41, 5.74) is 3.12. The van der Waals surface area contributed by atoms with Gasteiger partial charge in [0.1, 0.15) is 5.37 Å². The second kappa shape index (κ2) is 5.58. The Morgan fingerprint density at radius 2 is 2.25 bits per heavy atom. The number of pyridine rings is 1. The van der Waals surface area contributed by atoms with Gasteiger partial charge in [-0.05, 0) is 36.8 Å². The summed E-state index contributed by atoms with van der Waals surface area (Å²) in [5.74, 6) is 0.656. The predicted octanol–water partition coefficient (Wildman–Crippen LogP) is 3.93. The van der Waals surface area contributed by atoms with Gasteiger partial charge in [-0.1, -0.05) is 22.0 Å². The Kier molecular flexibility index (Phi) is 3.81. The van der Waals surface area contributed by atoms with Gasteiger partial charge < -0.3 is 0 Å². The second-order valence-corrected chi connectivity index (χ2v) is 6.63. The smallest absolute Gasteiger partial charge is 0.238 e. The molecule has 0 radical (unpaired) electrons. The largest absolute Gasteiger partial charge is 0.295 e. The molecule has 0 spiro atoms. The summed E-state index contributed by atoms with van der Waals surface area (Å²) < 4.78 is 1.02. The van der Waals surface area contributed by atoms with E-state index in [0.29, 0.717) is 5.75 Å². The number of carbonyl (C=O) groups is 1. The van der Waals surface area contributed by atoms with E-state index in [1.165, 1.54) is 0 Å². The van der Waals surface area contributed by atoms with E-state index in [1.807, 2.05) is 48.4 Å². The van der Waals surface area contributed by atoms with Gasteiger partial charge in [0.15, 0.2) is 0 Å². The summed E-state index contributed by atoms with van der Waals surface area (Å²) in [6, 6.07) is 9.92. The minimum atomic E-state index is 0.0103. The number of hydrogen-bond donors (Lipinski definition) is 0. The zero-order valence-corrected chi connectivity index (χ0v) is 13.3. The summed E-state index contributed by atoms with van der Waals surface area (Å²) in [4.78, 5) is 18.3. The first-order valence-electron chi connectivity index (χ1n) is 6.26. The number of rotatable bonds is 2. The summed E-state index contributed by atoms with van der Waals surface area (Å²) in [5, 5.41) is 0.0103. The molecule has 0 aliphatic carbocycles. The van der Waals surface area contributed by atoms with Gasteiger partial charge in [0.2, 0.25) is 5.91 Å². The number of thioether (sulfide) groups is 1. The zero-order chi connectivity index (χ0) is 14.1. The molecular weight excluding hydrogens is 336 g/mol. The number of hydrogen-bond acceptors (Lipinski definition) is 3. The topological polar surface area (TPSA) is 33.2 Å². The Balaban J connectivity index is 2.03. The van der Waals surface area contributed by atoms with Gasteiger partial charge in [-0.25, -0.2) is 0 Å². The van der Waals surface area contributed by atoms with Crippen LogP contribution in [-0.2, 0) is 4.79 Å². The molecule has 1 aromatic heterocycles. The Bertz CT molecular complexity index is 648. The van der Waals surface area contributed by atoms with Crippen molar-refractivity contribution in [3.63, 3.8) is 0 Å². The first-order chi connectivity index (χ1) is 9.66. The summed E-state index contributed by atoms with van der Waals surface area (Å²) in [6.45, 7) is 2.02. The fourth-order valence-corrected chi connectivity index (χ4v) is 3.97. The first kappa shape index (κ1) is 13.6. The number of amides is 1. The van der Waals surface area contributed by atoms with Crippen LogP contribution in [0.25, 0.3) is 0 Å².